The Morgan fingerprint density at radius 3 is 2.74 bits per heavy atom. The zero-order valence-corrected chi connectivity index (χ0v) is 17.4. The van der Waals surface area contributed by atoms with E-state index in [0.29, 0.717) is 29.8 Å². The predicted octanol–water partition coefficient (Wildman–Crippen LogP) is 1.08. The van der Waals surface area contributed by atoms with E-state index >= 15 is 0 Å². The standard InChI is InChI=1S/C20H19FN6O3S/c1-25-19(31)13-3-2-11(6-15(13)24-20(25)30)9-26-4-5-27(16(28)10-26)12-7-14(21)17(18(22)29)23-8-12/h2-3,6-8H,4-5,9-10H2,1H3,(H2,22,29)(H,24,30). The highest BCUT2D eigenvalue weighted by molar-refractivity contribution is 7.71. The second kappa shape index (κ2) is 8.00. The van der Waals surface area contributed by atoms with Crippen molar-refractivity contribution in [1.82, 2.24) is 19.4 Å². The smallest absolute Gasteiger partial charge is 0.326 e. The molecule has 2 aromatic heterocycles. The number of carbonyl (C=O) groups excluding carboxylic acids is 2. The number of carbonyl (C=O) groups is 2. The van der Waals surface area contributed by atoms with Crippen molar-refractivity contribution < 1.29 is 14.0 Å². The van der Waals surface area contributed by atoms with Gasteiger partial charge in [0.05, 0.1) is 23.9 Å². The fraction of sp³-hybridized carbons (Fsp3) is 0.250. The van der Waals surface area contributed by atoms with Crippen LogP contribution in [0.4, 0.5) is 10.1 Å². The molecule has 3 aromatic rings. The number of aromatic amines is 1. The lowest BCUT2D eigenvalue weighted by Crippen LogP contribution is -2.50. The number of anilines is 1. The summed E-state index contributed by atoms with van der Waals surface area (Å²) in [5, 5.41) is 0.774. The number of benzene rings is 1. The summed E-state index contributed by atoms with van der Waals surface area (Å²) in [6, 6.07) is 6.71. The number of nitrogens with two attached hydrogens (primary N) is 1. The van der Waals surface area contributed by atoms with Crippen LogP contribution in [0.15, 0.2) is 35.3 Å². The van der Waals surface area contributed by atoms with Crippen molar-refractivity contribution in [2.45, 2.75) is 6.54 Å². The van der Waals surface area contributed by atoms with Crippen molar-refractivity contribution in [1.29, 1.82) is 0 Å². The highest BCUT2D eigenvalue weighted by Crippen LogP contribution is 2.21. The Bertz CT molecular complexity index is 1330. The first-order valence-corrected chi connectivity index (χ1v) is 9.85. The number of piperazine rings is 1. The van der Waals surface area contributed by atoms with Gasteiger partial charge in [0.1, 0.15) is 4.64 Å². The Hall–Kier alpha value is -3.44. The molecule has 2 amide bonds. The third-order valence-electron chi connectivity index (χ3n) is 5.24. The minimum Gasteiger partial charge on any atom is -0.364 e. The van der Waals surface area contributed by atoms with E-state index < -0.39 is 17.4 Å². The van der Waals surface area contributed by atoms with Crippen LogP contribution in [0.1, 0.15) is 16.1 Å². The predicted molar refractivity (Wildman–Crippen MR) is 115 cm³/mol. The van der Waals surface area contributed by atoms with E-state index in [2.05, 4.69) is 9.97 Å². The van der Waals surface area contributed by atoms with E-state index in [1.54, 1.807) is 7.05 Å². The molecule has 160 valence electrons. The van der Waals surface area contributed by atoms with Crippen LogP contribution in [-0.2, 0) is 18.4 Å². The van der Waals surface area contributed by atoms with Gasteiger partial charge < -0.3 is 15.6 Å². The van der Waals surface area contributed by atoms with Crippen LogP contribution in [0.25, 0.3) is 10.9 Å². The van der Waals surface area contributed by atoms with Gasteiger partial charge in [0.2, 0.25) is 5.91 Å². The second-order valence-corrected chi connectivity index (χ2v) is 7.71. The molecule has 3 N–H and O–H groups in total. The van der Waals surface area contributed by atoms with Gasteiger partial charge in [-0.15, -0.1) is 0 Å². The molecule has 4 rings (SSSR count). The minimum atomic E-state index is -0.964. The number of nitrogens with one attached hydrogen (secondary N) is 1. The second-order valence-electron chi connectivity index (χ2n) is 7.32. The number of aromatic nitrogens is 3. The van der Waals surface area contributed by atoms with E-state index in [0.717, 1.165) is 17.0 Å². The summed E-state index contributed by atoms with van der Waals surface area (Å²) in [4.78, 5) is 45.7. The zero-order chi connectivity index (χ0) is 22.3. The van der Waals surface area contributed by atoms with E-state index in [1.165, 1.54) is 15.7 Å². The molecule has 1 aromatic carbocycles. The number of nitrogens with zero attached hydrogens (tertiary/aromatic N) is 4. The van der Waals surface area contributed by atoms with Crippen molar-refractivity contribution in [2.75, 3.05) is 24.5 Å². The maximum atomic E-state index is 14.0. The quantitative estimate of drug-likeness (QED) is 0.584. The SMILES string of the molecule is Cn1c(=O)[nH]c2cc(CN3CCN(c4cnc(C(N)=O)c(F)c4)C(=O)C3)ccc2c1=S. The Morgan fingerprint density at radius 1 is 1.29 bits per heavy atom. The minimum absolute atomic E-state index is 0.129. The number of hydrogen-bond donors (Lipinski definition) is 2. The lowest BCUT2D eigenvalue weighted by molar-refractivity contribution is -0.121. The summed E-state index contributed by atoms with van der Waals surface area (Å²) in [6.45, 7) is 1.52. The molecule has 1 fully saturated rings. The Balaban J connectivity index is 1.49. The van der Waals surface area contributed by atoms with Gasteiger partial charge >= 0.3 is 5.69 Å². The van der Waals surface area contributed by atoms with Crippen molar-refractivity contribution in [3.8, 4) is 0 Å². The van der Waals surface area contributed by atoms with E-state index in [1.807, 2.05) is 23.1 Å². The first-order valence-electron chi connectivity index (χ1n) is 9.44. The van der Waals surface area contributed by atoms with Crippen LogP contribution in [0.2, 0.25) is 0 Å². The number of fused-ring (bicyclic) bond motifs is 1. The summed E-state index contributed by atoms with van der Waals surface area (Å²) in [7, 11) is 1.61. The van der Waals surface area contributed by atoms with Crippen molar-refractivity contribution in [3.05, 3.63) is 62.7 Å². The van der Waals surface area contributed by atoms with E-state index in [4.69, 9.17) is 18.0 Å². The molecule has 1 aliphatic heterocycles. The lowest BCUT2D eigenvalue weighted by Gasteiger charge is -2.34. The zero-order valence-electron chi connectivity index (χ0n) is 16.6. The van der Waals surface area contributed by atoms with Crippen LogP contribution in [-0.4, -0.2) is 50.9 Å². The molecular weight excluding hydrogens is 423 g/mol. The maximum absolute atomic E-state index is 14.0. The summed E-state index contributed by atoms with van der Waals surface area (Å²) in [5.41, 5.74) is 6.16. The molecule has 0 saturated carbocycles. The average molecular weight is 442 g/mol. The highest BCUT2D eigenvalue weighted by atomic mass is 32.1. The van der Waals surface area contributed by atoms with Crippen LogP contribution in [0.5, 0.6) is 0 Å². The van der Waals surface area contributed by atoms with Gasteiger partial charge in [-0.3, -0.25) is 19.1 Å². The van der Waals surface area contributed by atoms with Crippen LogP contribution in [0.3, 0.4) is 0 Å². The summed E-state index contributed by atoms with van der Waals surface area (Å²) in [5.74, 6) is -2.04. The number of hydrogen-bond acceptors (Lipinski definition) is 6. The number of primary amides is 1. The number of halogens is 1. The molecule has 0 aliphatic carbocycles. The molecule has 11 heteroatoms. The largest absolute Gasteiger partial charge is 0.364 e. The maximum Gasteiger partial charge on any atom is 0.326 e. The molecule has 0 bridgehead atoms. The fourth-order valence-electron chi connectivity index (χ4n) is 3.60. The monoisotopic (exact) mass is 442 g/mol. The van der Waals surface area contributed by atoms with Crippen molar-refractivity contribution >= 4 is 40.6 Å². The highest BCUT2D eigenvalue weighted by Gasteiger charge is 2.26. The Labute approximate surface area is 180 Å². The molecule has 0 atom stereocenters. The van der Waals surface area contributed by atoms with Crippen molar-refractivity contribution in [2.24, 2.45) is 12.8 Å². The van der Waals surface area contributed by atoms with Crippen LogP contribution < -0.4 is 16.3 Å². The van der Waals surface area contributed by atoms with Gasteiger partial charge in [-0.05, 0) is 17.7 Å². The molecule has 9 nitrogen and oxygen atoms in total. The summed E-state index contributed by atoms with van der Waals surface area (Å²) in [6.07, 6.45) is 1.27. The lowest BCUT2D eigenvalue weighted by atomic mass is 10.1. The third kappa shape index (κ3) is 3.97. The molecule has 31 heavy (non-hydrogen) atoms. The van der Waals surface area contributed by atoms with Crippen LogP contribution in [0, 0.1) is 10.5 Å². The summed E-state index contributed by atoms with van der Waals surface area (Å²) >= 11 is 5.32. The third-order valence-corrected chi connectivity index (χ3v) is 5.74. The van der Waals surface area contributed by atoms with Gasteiger partial charge in [0, 0.05) is 38.1 Å². The normalized spacial score (nSPS) is 14.9. The van der Waals surface area contributed by atoms with Crippen LogP contribution >= 0.6 is 12.2 Å². The van der Waals surface area contributed by atoms with Gasteiger partial charge in [0.25, 0.3) is 5.91 Å². The van der Waals surface area contributed by atoms with Crippen molar-refractivity contribution in [3.63, 3.8) is 0 Å². The van der Waals surface area contributed by atoms with E-state index in [-0.39, 0.29) is 23.8 Å². The molecule has 0 unspecified atom stereocenters. The fourth-order valence-corrected chi connectivity index (χ4v) is 3.86. The molecule has 3 heterocycles. The number of amides is 2. The number of pyridine rings is 1. The summed E-state index contributed by atoms with van der Waals surface area (Å²) < 4.78 is 15.8. The Kier molecular flexibility index (Phi) is 5.38. The molecule has 1 saturated heterocycles. The molecule has 0 spiro atoms. The molecular formula is C20H19FN6O3S. The topological polar surface area (TPSA) is 117 Å². The average Bonchev–Trinajstić information content (AvgIpc) is 2.72. The number of H-pyrrole nitrogens is 1. The van der Waals surface area contributed by atoms with Gasteiger partial charge in [0.15, 0.2) is 11.5 Å². The van der Waals surface area contributed by atoms with Gasteiger partial charge in [-0.25, -0.2) is 14.2 Å². The van der Waals surface area contributed by atoms with Gasteiger partial charge in [-0.2, -0.15) is 0 Å². The molecule has 1 aliphatic rings. The van der Waals surface area contributed by atoms with Gasteiger partial charge in [-0.1, -0.05) is 18.3 Å². The number of rotatable bonds is 4. The van der Waals surface area contributed by atoms with E-state index in [9.17, 15) is 18.8 Å². The molecule has 0 radical (unpaired) electrons. The Morgan fingerprint density at radius 2 is 2.06 bits per heavy atom. The first-order chi connectivity index (χ1) is 14.7. The first kappa shape index (κ1) is 20.8.